The van der Waals surface area contributed by atoms with Crippen molar-refractivity contribution < 1.29 is 21.6 Å². The fourth-order valence-corrected chi connectivity index (χ4v) is 5.78. The van der Waals surface area contributed by atoms with Crippen LogP contribution in [0.2, 0.25) is 5.02 Å². The van der Waals surface area contributed by atoms with E-state index in [0.717, 1.165) is 17.4 Å². The molecule has 0 fully saturated rings. The van der Waals surface area contributed by atoms with Crippen LogP contribution in [0, 0.1) is 0 Å². The molecule has 11 heteroatoms. The fraction of sp³-hybridized carbons (Fsp3) is 0.389. The third-order valence-corrected chi connectivity index (χ3v) is 7.88. The van der Waals surface area contributed by atoms with E-state index in [1.165, 1.54) is 10.4 Å². The van der Waals surface area contributed by atoms with Crippen LogP contribution in [0.3, 0.4) is 0 Å². The number of alkyl halides is 3. The lowest BCUT2D eigenvalue weighted by molar-refractivity contribution is -0.137. The summed E-state index contributed by atoms with van der Waals surface area (Å²) in [6.45, 7) is 4.16. The largest absolute Gasteiger partial charge is 0.417 e. The number of thiophene rings is 1. The van der Waals surface area contributed by atoms with Gasteiger partial charge in [-0.3, -0.25) is 4.98 Å². The van der Waals surface area contributed by atoms with Crippen molar-refractivity contribution in [3.8, 4) is 0 Å². The molecule has 2 aromatic rings. The Kier molecular flexibility index (Phi) is 7.37. The number of halogens is 4. The summed E-state index contributed by atoms with van der Waals surface area (Å²) in [6, 6.07) is 3.90. The lowest BCUT2D eigenvalue weighted by Crippen LogP contribution is -2.29. The van der Waals surface area contributed by atoms with Crippen molar-refractivity contribution in [3.05, 3.63) is 51.8 Å². The number of nitrogens with zero attached hydrogens (tertiary/aromatic N) is 3. The van der Waals surface area contributed by atoms with E-state index >= 15 is 0 Å². The van der Waals surface area contributed by atoms with Gasteiger partial charge in [0.2, 0.25) is 0 Å². The summed E-state index contributed by atoms with van der Waals surface area (Å²) in [7, 11) is -0.181. The molecule has 29 heavy (non-hydrogen) atoms. The predicted molar refractivity (Wildman–Crippen MR) is 109 cm³/mol. The van der Waals surface area contributed by atoms with Crippen molar-refractivity contribution >= 4 is 38.5 Å². The number of hydrogen-bond acceptors (Lipinski definition) is 5. The summed E-state index contributed by atoms with van der Waals surface area (Å²) in [5.41, 5.74) is -0.381. The van der Waals surface area contributed by atoms with Crippen molar-refractivity contribution in [2.75, 3.05) is 27.2 Å². The van der Waals surface area contributed by atoms with Gasteiger partial charge in [0, 0.05) is 50.0 Å². The third-order valence-electron chi connectivity index (χ3n) is 3.96. The normalized spacial score (nSPS) is 13.2. The first-order valence-electron chi connectivity index (χ1n) is 8.63. The quantitative estimate of drug-likeness (QED) is 0.587. The Hall–Kier alpha value is -1.62. The zero-order valence-electron chi connectivity index (χ0n) is 16.3. The first-order chi connectivity index (χ1) is 13.4. The van der Waals surface area contributed by atoms with E-state index in [9.17, 15) is 21.6 Å². The predicted octanol–water partition coefficient (Wildman–Crippen LogP) is 4.80. The molecule has 0 radical (unpaired) electrons. The van der Waals surface area contributed by atoms with Gasteiger partial charge in [-0.15, -0.1) is 11.3 Å². The Morgan fingerprint density at radius 1 is 1.24 bits per heavy atom. The van der Waals surface area contributed by atoms with Crippen LogP contribution in [-0.2, 0) is 16.2 Å². The van der Waals surface area contributed by atoms with Gasteiger partial charge in [-0.25, -0.2) is 8.42 Å². The van der Waals surface area contributed by atoms with E-state index in [-0.39, 0.29) is 14.9 Å². The second-order valence-electron chi connectivity index (χ2n) is 6.27. The molecule has 0 aliphatic heterocycles. The Morgan fingerprint density at radius 2 is 1.86 bits per heavy atom. The van der Waals surface area contributed by atoms with E-state index in [1.54, 1.807) is 45.1 Å². The minimum Gasteiger partial charge on any atom is -0.383 e. The Labute approximate surface area is 177 Å². The molecule has 0 saturated heterocycles. The van der Waals surface area contributed by atoms with E-state index in [1.807, 2.05) is 0 Å². The average Bonchev–Trinajstić information content (AvgIpc) is 3.10. The molecule has 0 unspecified atom stereocenters. The standard InChI is InChI=1S/C18H21ClF3N3O2S2/c1-5-25(6-2)29(26,27)16-8-7-15(28-16)13(11-24(3)4)17-14(19)9-12(10-23-17)18(20,21)22/h7-11H,5-6H2,1-4H3/b13-11-. The highest BCUT2D eigenvalue weighted by Gasteiger charge is 2.32. The molecular formula is C18H21ClF3N3O2S2. The van der Waals surface area contributed by atoms with Crippen LogP contribution in [-0.4, -0.2) is 49.8 Å². The number of hydrogen-bond donors (Lipinski definition) is 0. The summed E-state index contributed by atoms with van der Waals surface area (Å²) in [5.74, 6) is 0. The molecule has 2 aromatic heterocycles. The summed E-state index contributed by atoms with van der Waals surface area (Å²) < 4.78 is 65.7. The highest BCUT2D eigenvalue weighted by atomic mass is 35.5. The topological polar surface area (TPSA) is 53.5 Å². The molecule has 0 amide bonds. The minimum absolute atomic E-state index is 0.141. The van der Waals surface area contributed by atoms with E-state index < -0.39 is 21.8 Å². The zero-order chi connectivity index (χ0) is 22.0. The number of aromatic nitrogens is 1. The molecular weight excluding hydrogens is 447 g/mol. The van der Waals surface area contributed by atoms with E-state index in [4.69, 9.17) is 11.6 Å². The van der Waals surface area contributed by atoms with Crippen molar-refractivity contribution in [1.29, 1.82) is 0 Å². The summed E-state index contributed by atoms with van der Waals surface area (Å²) >= 11 is 7.13. The van der Waals surface area contributed by atoms with E-state index in [2.05, 4.69) is 4.98 Å². The third kappa shape index (κ3) is 5.30. The highest BCUT2D eigenvalue weighted by Crippen LogP contribution is 2.37. The minimum atomic E-state index is -4.56. The van der Waals surface area contributed by atoms with Gasteiger partial charge < -0.3 is 4.90 Å². The second-order valence-corrected chi connectivity index (χ2v) is 9.92. The fourth-order valence-electron chi connectivity index (χ4n) is 2.59. The van der Waals surface area contributed by atoms with Gasteiger partial charge in [0.05, 0.1) is 16.3 Å². The Bertz CT molecular complexity index is 998. The molecule has 5 nitrogen and oxygen atoms in total. The Balaban J connectivity index is 2.56. The van der Waals surface area contributed by atoms with Crippen molar-refractivity contribution in [1.82, 2.24) is 14.2 Å². The van der Waals surface area contributed by atoms with Gasteiger partial charge in [0.15, 0.2) is 0 Å². The van der Waals surface area contributed by atoms with Crippen LogP contribution in [0.1, 0.15) is 30.0 Å². The van der Waals surface area contributed by atoms with Gasteiger partial charge in [-0.05, 0) is 18.2 Å². The van der Waals surface area contributed by atoms with Crippen LogP contribution in [0.5, 0.6) is 0 Å². The Morgan fingerprint density at radius 3 is 2.34 bits per heavy atom. The number of pyridine rings is 1. The van der Waals surface area contributed by atoms with E-state index in [0.29, 0.717) is 29.7 Å². The maximum Gasteiger partial charge on any atom is 0.417 e. The van der Waals surface area contributed by atoms with Gasteiger partial charge in [-0.2, -0.15) is 17.5 Å². The lowest BCUT2D eigenvalue weighted by Gasteiger charge is -2.17. The molecule has 0 bridgehead atoms. The molecule has 0 atom stereocenters. The highest BCUT2D eigenvalue weighted by molar-refractivity contribution is 7.91. The van der Waals surface area contributed by atoms with Crippen LogP contribution >= 0.6 is 22.9 Å². The van der Waals surface area contributed by atoms with Gasteiger partial charge in [0.25, 0.3) is 10.0 Å². The van der Waals surface area contributed by atoms with Crippen molar-refractivity contribution in [2.24, 2.45) is 0 Å². The summed E-state index contributed by atoms with van der Waals surface area (Å²) in [5, 5.41) is -0.172. The SMILES string of the molecule is CCN(CC)S(=O)(=O)c1ccc(/C(=C/N(C)C)c2ncc(C(F)(F)F)cc2Cl)s1. The molecule has 0 N–H and O–H groups in total. The smallest absolute Gasteiger partial charge is 0.383 e. The average molecular weight is 468 g/mol. The van der Waals surface area contributed by atoms with Gasteiger partial charge >= 0.3 is 6.18 Å². The molecule has 0 aliphatic carbocycles. The van der Waals surface area contributed by atoms with Crippen LogP contribution in [0.25, 0.3) is 5.57 Å². The molecule has 0 aliphatic rings. The lowest BCUT2D eigenvalue weighted by atomic mass is 10.1. The molecule has 0 aromatic carbocycles. The summed E-state index contributed by atoms with van der Waals surface area (Å²) in [6.07, 6.45) is -2.21. The number of rotatable bonds is 7. The van der Waals surface area contributed by atoms with Crippen LogP contribution < -0.4 is 0 Å². The maximum atomic E-state index is 12.9. The zero-order valence-corrected chi connectivity index (χ0v) is 18.7. The van der Waals surface area contributed by atoms with Gasteiger partial charge in [0.1, 0.15) is 4.21 Å². The maximum absolute atomic E-state index is 12.9. The molecule has 2 heterocycles. The van der Waals surface area contributed by atoms with Crippen molar-refractivity contribution in [2.45, 2.75) is 24.2 Å². The molecule has 0 saturated carbocycles. The molecule has 2 rings (SSSR count). The van der Waals surface area contributed by atoms with Crippen LogP contribution in [0.4, 0.5) is 13.2 Å². The monoisotopic (exact) mass is 467 g/mol. The second kappa shape index (κ2) is 9.03. The van der Waals surface area contributed by atoms with Gasteiger partial charge in [-0.1, -0.05) is 25.4 Å². The number of sulfonamides is 1. The summed E-state index contributed by atoms with van der Waals surface area (Å²) in [4.78, 5) is 6.12. The molecule has 160 valence electrons. The first-order valence-corrected chi connectivity index (χ1v) is 11.3. The first kappa shape index (κ1) is 23.7. The molecule has 0 spiro atoms. The van der Waals surface area contributed by atoms with Crippen molar-refractivity contribution in [3.63, 3.8) is 0 Å². The van der Waals surface area contributed by atoms with Crippen LogP contribution in [0.15, 0.2) is 34.8 Å².